The molecule has 21 heavy (non-hydrogen) atoms. The number of H-pyrrole nitrogens is 1. The van der Waals surface area contributed by atoms with Crippen LogP contribution in [0.2, 0.25) is 0 Å². The second-order valence-corrected chi connectivity index (χ2v) is 6.24. The van der Waals surface area contributed by atoms with E-state index in [1.807, 2.05) is 18.2 Å². The van der Waals surface area contributed by atoms with Gasteiger partial charge in [0, 0.05) is 12.1 Å². The lowest BCUT2D eigenvalue weighted by Gasteiger charge is -2.26. The van der Waals surface area contributed by atoms with Crippen LogP contribution in [0.1, 0.15) is 38.3 Å². The molecule has 0 aliphatic heterocycles. The van der Waals surface area contributed by atoms with Crippen LogP contribution >= 0.6 is 0 Å². The summed E-state index contributed by atoms with van der Waals surface area (Å²) in [5.41, 5.74) is 3.08. The molecule has 4 heteroatoms. The van der Waals surface area contributed by atoms with Crippen LogP contribution in [-0.4, -0.2) is 22.0 Å². The zero-order valence-electron chi connectivity index (χ0n) is 12.7. The summed E-state index contributed by atoms with van der Waals surface area (Å²) in [5.74, 6) is 1.75. The molecule has 4 nitrogen and oxygen atoms in total. The van der Waals surface area contributed by atoms with Crippen LogP contribution in [0.5, 0.6) is 0 Å². The maximum atomic E-state index is 4.29. The lowest BCUT2D eigenvalue weighted by molar-refractivity contribution is 0.281. The number of rotatable bonds is 5. The first-order valence-electron chi connectivity index (χ1n) is 7.98. The Morgan fingerprint density at radius 3 is 2.62 bits per heavy atom. The van der Waals surface area contributed by atoms with Crippen molar-refractivity contribution >= 4 is 0 Å². The van der Waals surface area contributed by atoms with Crippen molar-refractivity contribution in [3.63, 3.8) is 0 Å². The van der Waals surface area contributed by atoms with E-state index in [4.69, 9.17) is 0 Å². The van der Waals surface area contributed by atoms with Crippen molar-refractivity contribution in [3.8, 4) is 11.3 Å². The second-order valence-electron chi connectivity index (χ2n) is 6.24. The molecule has 0 bridgehead atoms. The molecule has 1 aliphatic carbocycles. The van der Waals surface area contributed by atoms with E-state index in [1.54, 1.807) is 0 Å². The summed E-state index contributed by atoms with van der Waals surface area (Å²) >= 11 is 0. The van der Waals surface area contributed by atoms with Gasteiger partial charge in [-0.3, -0.25) is 0 Å². The van der Waals surface area contributed by atoms with Gasteiger partial charge in [0.25, 0.3) is 0 Å². The molecule has 1 aromatic heterocycles. The number of hydrogen-bond acceptors (Lipinski definition) is 3. The summed E-state index contributed by atoms with van der Waals surface area (Å²) in [7, 11) is 0. The molecule has 0 unspecified atom stereocenters. The largest absolute Gasteiger partial charge is 0.311 e. The fourth-order valence-corrected chi connectivity index (χ4v) is 3.13. The fourth-order valence-electron chi connectivity index (χ4n) is 3.13. The van der Waals surface area contributed by atoms with Gasteiger partial charge in [-0.2, -0.15) is 15.4 Å². The Balaban J connectivity index is 1.53. The van der Waals surface area contributed by atoms with Crippen LogP contribution in [0.3, 0.4) is 0 Å². The Hall–Kier alpha value is -1.68. The van der Waals surface area contributed by atoms with E-state index in [9.17, 15) is 0 Å². The molecule has 1 saturated carbocycles. The van der Waals surface area contributed by atoms with Crippen LogP contribution in [0, 0.1) is 11.8 Å². The Morgan fingerprint density at radius 2 is 1.86 bits per heavy atom. The molecule has 112 valence electrons. The monoisotopic (exact) mass is 284 g/mol. The van der Waals surface area contributed by atoms with Gasteiger partial charge < -0.3 is 5.32 Å². The van der Waals surface area contributed by atoms with Gasteiger partial charge in [0.05, 0.1) is 0 Å². The average molecular weight is 284 g/mol. The molecule has 1 fully saturated rings. The highest BCUT2D eigenvalue weighted by Crippen LogP contribution is 2.27. The molecule has 0 spiro atoms. The number of benzene rings is 1. The van der Waals surface area contributed by atoms with Gasteiger partial charge >= 0.3 is 0 Å². The molecule has 0 atom stereocenters. The molecule has 1 aromatic carbocycles. The first-order valence-corrected chi connectivity index (χ1v) is 7.98. The molecule has 2 aromatic rings. The smallest absolute Gasteiger partial charge is 0.117 e. The molecule has 0 radical (unpaired) electrons. The number of hydrogen-bond donors (Lipinski definition) is 2. The van der Waals surface area contributed by atoms with Gasteiger partial charge in [0.2, 0.25) is 0 Å². The summed E-state index contributed by atoms with van der Waals surface area (Å²) in [6.07, 6.45) is 5.48. The summed E-state index contributed by atoms with van der Waals surface area (Å²) in [4.78, 5) is 0. The van der Waals surface area contributed by atoms with Crippen molar-refractivity contribution in [3.05, 3.63) is 36.0 Å². The van der Waals surface area contributed by atoms with Crippen molar-refractivity contribution < 1.29 is 0 Å². The Bertz CT molecular complexity index is 541. The summed E-state index contributed by atoms with van der Waals surface area (Å²) in [6.45, 7) is 4.24. The SMILES string of the molecule is CC1CCC(CNCc2n[nH]nc2-c2ccccc2)CC1. The number of nitrogens with zero attached hydrogens (tertiary/aromatic N) is 2. The summed E-state index contributed by atoms with van der Waals surface area (Å²) in [5, 5.41) is 14.9. The average Bonchev–Trinajstić information content (AvgIpc) is 2.99. The topological polar surface area (TPSA) is 53.6 Å². The third-order valence-corrected chi connectivity index (χ3v) is 4.53. The molecule has 1 aliphatic rings. The predicted molar refractivity (Wildman–Crippen MR) is 84.6 cm³/mol. The van der Waals surface area contributed by atoms with Gasteiger partial charge in [-0.15, -0.1) is 0 Å². The van der Waals surface area contributed by atoms with Crippen molar-refractivity contribution in [2.45, 2.75) is 39.2 Å². The van der Waals surface area contributed by atoms with Gasteiger partial charge in [-0.1, -0.05) is 50.1 Å². The van der Waals surface area contributed by atoms with Crippen LogP contribution in [0.15, 0.2) is 30.3 Å². The molecule has 3 rings (SSSR count). The Morgan fingerprint density at radius 1 is 1.10 bits per heavy atom. The summed E-state index contributed by atoms with van der Waals surface area (Å²) in [6, 6.07) is 10.2. The van der Waals surface area contributed by atoms with Crippen molar-refractivity contribution in [2.75, 3.05) is 6.54 Å². The third kappa shape index (κ3) is 3.70. The van der Waals surface area contributed by atoms with Crippen molar-refractivity contribution in [1.29, 1.82) is 0 Å². The van der Waals surface area contributed by atoms with E-state index < -0.39 is 0 Å². The second kappa shape index (κ2) is 6.85. The van der Waals surface area contributed by atoms with E-state index in [0.717, 1.165) is 41.9 Å². The van der Waals surface area contributed by atoms with Crippen LogP contribution in [0.25, 0.3) is 11.3 Å². The molecule has 0 saturated heterocycles. The number of aromatic nitrogens is 3. The standard InChI is InChI=1S/C17H24N4/c1-13-7-9-14(10-8-13)11-18-12-16-17(20-21-19-16)15-5-3-2-4-6-15/h2-6,13-14,18H,7-12H2,1H3,(H,19,20,21). The van der Waals surface area contributed by atoms with Crippen LogP contribution < -0.4 is 5.32 Å². The van der Waals surface area contributed by atoms with E-state index in [2.05, 4.69) is 39.8 Å². The zero-order valence-corrected chi connectivity index (χ0v) is 12.7. The van der Waals surface area contributed by atoms with E-state index >= 15 is 0 Å². The van der Waals surface area contributed by atoms with E-state index in [1.165, 1.54) is 25.7 Å². The maximum Gasteiger partial charge on any atom is 0.117 e. The van der Waals surface area contributed by atoms with Crippen LogP contribution in [-0.2, 0) is 6.54 Å². The van der Waals surface area contributed by atoms with Gasteiger partial charge in [0.1, 0.15) is 11.4 Å². The highest BCUT2D eigenvalue weighted by atomic mass is 15.3. The molecule has 2 N–H and O–H groups in total. The highest BCUT2D eigenvalue weighted by Gasteiger charge is 2.18. The maximum absolute atomic E-state index is 4.29. The minimum absolute atomic E-state index is 0.785. The van der Waals surface area contributed by atoms with Crippen molar-refractivity contribution in [2.24, 2.45) is 11.8 Å². The first-order chi connectivity index (χ1) is 10.3. The first kappa shape index (κ1) is 14.3. The number of aromatic amines is 1. The van der Waals surface area contributed by atoms with Gasteiger partial charge in [-0.05, 0) is 31.2 Å². The molecular formula is C17H24N4. The minimum atomic E-state index is 0.785. The van der Waals surface area contributed by atoms with Gasteiger partial charge in [-0.25, -0.2) is 0 Å². The lowest BCUT2D eigenvalue weighted by Crippen LogP contribution is -2.26. The quantitative estimate of drug-likeness (QED) is 0.885. The number of nitrogens with one attached hydrogen (secondary N) is 2. The highest BCUT2D eigenvalue weighted by molar-refractivity contribution is 5.60. The van der Waals surface area contributed by atoms with Crippen molar-refractivity contribution in [1.82, 2.24) is 20.7 Å². The molecule has 0 amide bonds. The van der Waals surface area contributed by atoms with E-state index in [-0.39, 0.29) is 0 Å². The van der Waals surface area contributed by atoms with E-state index in [0.29, 0.717) is 0 Å². The van der Waals surface area contributed by atoms with Gasteiger partial charge in [0.15, 0.2) is 0 Å². The Labute approximate surface area is 126 Å². The van der Waals surface area contributed by atoms with Crippen LogP contribution in [0.4, 0.5) is 0 Å². The molecular weight excluding hydrogens is 260 g/mol. The molecule has 1 heterocycles. The third-order valence-electron chi connectivity index (χ3n) is 4.53. The fraction of sp³-hybridized carbons (Fsp3) is 0.529. The Kier molecular flexibility index (Phi) is 4.65. The predicted octanol–water partition coefficient (Wildman–Crippen LogP) is 3.39. The normalized spacial score (nSPS) is 22.3. The minimum Gasteiger partial charge on any atom is -0.311 e. The zero-order chi connectivity index (χ0) is 14.5. The lowest BCUT2D eigenvalue weighted by atomic mass is 9.83. The summed E-state index contributed by atoms with van der Waals surface area (Å²) < 4.78 is 0.